The highest BCUT2D eigenvalue weighted by molar-refractivity contribution is 7.89. The molecule has 12 heteroatoms. The van der Waals surface area contributed by atoms with Gasteiger partial charge in [0.15, 0.2) is 4.80 Å². The molecule has 0 aliphatic rings. The quantitative estimate of drug-likeness (QED) is 0.413. The molecule has 0 bridgehead atoms. The SMILES string of the molecule is CCOC(=O)CCn1c(=NC(=O)c2ccc3ncsc3c2)sc2cc(S(N)(=O)=O)ccc21. The van der Waals surface area contributed by atoms with Gasteiger partial charge in [-0.05, 0) is 43.3 Å². The number of hydrogen-bond acceptors (Lipinski definition) is 8. The van der Waals surface area contributed by atoms with Crippen molar-refractivity contribution in [3.05, 3.63) is 52.3 Å². The maximum absolute atomic E-state index is 12.9. The first kappa shape index (κ1) is 22.3. The third-order valence-corrected chi connectivity index (χ3v) is 7.35. The molecule has 0 aliphatic heterocycles. The summed E-state index contributed by atoms with van der Waals surface area (Å²) in [7, 11) is -3.89. The zero-order valence-electron chi connectivity index (χ0n) is 16.8. The first-order chi connectivity index (χ1) is 15.3. The van der Waals surface area contributed by atoms with Crippen LogP contribution in [0.2, 0.25) is 0 Å². The molecule has 2 N–H and O–H groups in total. The largest absolute Gasteiger partial charge is 0.466 e. The summed E-state index contributed by atoms with van der Waals surface area (Å²) in [5.41, 5.74) is 3.54. The number of hydrogen-bond donors (Lipinski definition) is 1. The maximum atomic E-state index is 12.9. The van der Waals surface area contributed by atoms with Crippen molar-refractivity contribution in [3.8, 4) is 0 Å². The number of nitrogens with two attached hydrogens (primary N) is 1. The summed E-state index contributed by atoms with van der Waals surface area (Å²) in [5.74, 6) is -0.836. The molecule has 166 valence electrons. The molecule has 1 amide bonds. The lowest BCUT2D eigenvalue weighted by Crippen LogP contribution is -2.19. The van der Waals surface area contributed by atoms with Gasteiger partial charge in [0.2, 0.25) is 10.0 Å². The number of carbonyl (C=O) groups is 2. The summed E-state index contributed by atoms with van der Waals surface area (Å²) in [4.78, 5) is 33.5. The molecule has 0 atom stereocenters. The summed E-state index contributed by atoms with van der Waals surface area (Å²) in [6, 6.07) is 9.55. The Kier molecular flexibility index (Phi) is 6.20. The van der Waals surface area contributed by atoms with Gasteiger partial charge in [0, 0.05) is 12.1 Å². The molecule has 2 aromatic carbocycles. The molecule has 4 aromatic rings. The number of aryl methyl sites for hydroxylation is 1. The van der Waals surface area contributed by atoms with Crippen LogP contribution in [0.3, 0.4) is 0 Å². The molecule has 0 radical (unpaired) electrons. The highest BCUT2D eigenvalue weighted by atomic mass is 32.2. The standard InChI is InChI=1S/C20H18N4O5S3/c1-2-29-18(25)7-8-24-15-6-4-13(32(21,27)28)10-17(15)31-20(24)23-19(26)12-3-5-14-16(9-12)30-11-22-14/h3-6,9-11H,2,7-8H2,1H3,(H2,21,27,28). The van der Waals surface area contributed by atoms with Crippen LogP contribution in [0.25, 0.3) is 20.4 Å². The van der Waals surface area contributed by atoms with Crippen molar-refractivity contribution in [3.63, 3.8) is 0 Å². The van der Waals surface area contributed by atoms with Gasteiger partial charge >= 0.3 is 5.97 Å². The van der Waals surface area contributed by atoms with Crippen LogP contribution in [0.15, 0.2) is 51.8 Å². The van der Waals surface area contributed by atoms with Gasteiger partial charge in [-0.1, -0.05) is 11.3 Å². The number of benzene rings is 2. The molecule has 0 spiro atoms. The lowest BCUT2D eigenvalue weighted by atomic mass is 10.2. The Morgan fingerprint density at radius 1 is 1.19 bits per heavy atom. The number of primary sulfonamides is 1. The van der Waals surface area contributed by atoms with Crippen LogP contribution in [0.4, 0.5) is 0 Å². The van der Waals surface area contributed by atoms with Crippen LogP contribution in [-0.2, 0) is 26.1 Å². The number of aromatic nitrogens is 2. The van der Waals surface area contributed by atoms with Crippen molar-refractivity contribution in [2.45, 2.75) is 24.8 Å². The fraction of sp³-hybridized carbons (Fsp3) is 0.200. The third kappa shape index (κ3) is 4.63. The van der Waals surface area contributed by atoms with Crippen molar-refractivity contribution >= 4 is 65.0 Å². The second kappa shape index (κ2) is 8.90. The number of sulfonamides is 1. The molecular formula is C20H18N4O5S3. The lowest BCUT2D eigenvalue weighted by molar-refractivity contribution is -0.143. The molecule has 0 unspecified atom stereocenters. The predicted octanol–water partition coefficient (Wildman–Crippen LogP) is 2.65. The van der Waals surface area contributed by atoms with Crippen molar-refractivity contribution in [1.82, 2.24) is 9.55 Å². The molecule has 32 heavy (non-hydrogen) atoms. The van der Waals surface area contributed by atoms with Crippen LogP contribution in [0.1, 0.15) is 23.7 Å². The van der Waals surface area contributed by atoms with Crippen LogP contribution in [-0.4, -0.2) is 36.5 Å². The number of amides is 1. The number of fused-ring (bicyclic) bond motifs is 2. The van der Waals surface area contributed by atoms with E-state index in [1.807, 2.05) is 0 Å². The van der Waals surface area contributed by atoms with E-state index < -0.39 is 15.9 Å². The normalized spacial score (nSPS) is 12.5. The predicted molar refractivity (Wildman–Crippen MR) is 122 cm³/mol. The molecule has 0 fully saturated rings. The monoisotopic (exact) mass is 490 g/mol. The Labute approximate surface area is 190 Å². The average Bonchev–Trinajstić information content (AvgIpc) is 3.34. The topological polar surface area (TPSA) is 134 Å². The van der Waals surface area contributed by atoms with Gasteiger partial charge in [-0.25, -0.2) is 18.5 Å². The summed E-state index contributed by atoms with van der Waals surface area (Å²) in [6.45, 7) is 2.20. The van der Waals surface area contributed by atoms with Gasteiger partial charge < -0.3 is 9.30 Å². The van der Waals surface area contributed by atoms with E-state index in [-0.39, 0.29) is 30.4 Å². The minimum Gasteiger partial charge on any atom is -0.466 e. The Hall–Kier alpha value is -2.93. The van der Waals surface area contributed by atoms with Gasteiger partial charge in [-0.15, -0.1) is 11.3 Å². The van der Waals surface area contributed by atoms with Crippen LogP contribution < -0.4 is 9.94 Å². The molecule has 9 nitrogen and oxygen atoms in total. The summed E-state index contributed by atoms with van der Waals surface area (Å²) in [6.07, 6.45) is 0.0742. The fourth-order valence-corrected chi connectivity index (χ4v) is 5.53. The summed E-state index contributed by atoms with van der Waals surface area (Å²) >= 11 is 2.57. The van der Waals surface area contributed by atoms with E-state index in [1.54, 1.807) is 41.3 Å². The Balaban J connectivity index is 1.80. The minimum atomic E-state index is -3.89. The second-order valence-corrected chi connectivity index (χ2v) is 10.2. The molecule has 2 aromatic heterocycles. The Morgan fingerprint density at radius 3 is 2.75 bits per heavy atom. The number of esters is 1. The zero-order valence-corrected chi connectivity index (χ0v) is 19.3. The Bertz CT molecular complexity index is 1520. The molecule has 2 heterocycles. The number of thiazole rings is 2. The average molecular weight is 491 g/mol. The minimum absolute atomic E-state index is 0.0442. The highest BCUT2D eigenvalue weighted by Gasteiger charge is 2.15. The van der Waals surface area contributed by atoms with Crippen LogP contribution in [0.5, 0.6) is 0 Å². The molecular weight excluding hydrogens is 472 g/mol. The molecule has 0 saturated heterocycles. The molecule has 0 aliphatic carbocycles. The maximum Gasteiger partial charge on any atom is 0.307 e. The first-order valence-electron chi connectivity index (χ1n) is 9.50. The van der Waals surface area contributed by atoms with Crippen LogP contribution >= 0.6 is 22.7 Å². The molecule has 4 rings (SSSR count). The zero-order chi connectivity index (χ0) is 22.9. The molecule has 0 saturated carbocycles. The van der Waals surface area contributed by atoms with E-state index >= 15 is 0 Å². The van der Waals surface area contributed by atoms with Gasteiger partial charge in [-0.3, -0.25) is 9.59 Å². The van der Waals surface area contributed by atoms with E-state index in [9.17, 15) is 18.0 Å². The second-order valence-electron chi connectivity index (χ2n) is 6.72. The van der Waals surface area contributed by atoms with E-state index in [2.05, 4.69) is 9.98 Å². The van der Waals surface area contributed by atoms with Crippen LogP contribution in [0, 0.1) is 0 Å². The van der Waals surface area contributed by atoms with Gasteiger partial charge in [-0.2, -0.15) is 4.99 Å². The van der Waals surface area contributed by atoms with E-state index in [1.165, 1.54) is 23.5 Å². The van der Waals surface area contributed by atoms with E-state index in [4.69, 9.17) is 9.88 Å². The van der Waals surface area contributed by atoms with Crippen molar-refractivity contribution in [1.29, 1.82) is 0 Å². The van der Waals surface area contributed by atoms with Crippen molar-refractivity contribution in [2.75, 3.05) is 6.61 Å². The van der Waals surface area contributed by atoms with Crippen molar-refractivity contribution in [2.24, 2.45) is 10.1 Å². The van der Waals surface area contributed by atoms with E-state index in [0.717, 1.165) is 21.6 Å². The van der Waals surface area contributed by atoms with Gasteiger partial charge in [0.1, 0.15) is 0 Å². The smallest absolute Gasteiger partial charge is 0.307 e. The highest BCUT2D eigenvalue weighted by Crippen LogP contribution is 2.23. The number of carbonyl (C=O) groups excluding carboxylic acids is 2. The number of nitrogens with zero attached hydrogens (tertiary/aromatic N) is 3. The van der Waals surface area contributed by atoms with Crippen molar-refractivity contribution < 1.29 is 22.7 Å². The van der Waals surface area contributed by atoms with Gasteiger partial charge in [0.05, 0.1) is 43.9 Å². The third-order valence-electron chi connectivity index (χ3n) is 4.60. The Morgan fingerprint density at radius 2 is 2.00 bits per heavy atom. The summed E-state index contributed by atoms with van der Waals surface area (Å²) in [5, 5.41) is 5.24. The first-order valence-corrected chi connectivity index (χ1v) is 12.7. The van der Waals surface area contributed by atoms with E-state index in [0.29, 0.717) is 20.6 Å². The number of rotatable bonds is 6. The number of ether oxygens (including phenoxy) is 1. The fourth-order valence-electron chi connectivity index (χ4n) is 3.11. The lowest BCUT2D eigenvalue weighted by Gasteiger charge is -2.06. The van der Waals surface area contributed by atoms with Gasteiger partial charge in [0.25, 0.3) is 5.91 Å². The summed E-state index contributed by atoms with van der Waals surface area (Å²) < 4.78 is 31.6.